The van der Waals surface area contributed by atoms with Crippen LogP contribution < -0.4 is 4.74 Å². The second-order valence-corrected chi connectivity index (χ2v) is 4.16. The predicted molar refractivity (Wildman–Crippen MR) is 68.9 cm³/mol. The molecule has 0 unspecified atom stereocenters. The Hall–Kier alpha value is -2.36. The summed E-state index contributed by atoms with van der Waals surface area (Å²) in [5.41, 5.74) is 1.31. The van der Waals surface area contributed by atoms with Crippen LogP contribution in [0.3, 0.4) is 0 Å². The highest BCUT2D eigenvalue weighted by atomic mass is 19.1. The van der Waals surface area contributed by atoms with Crippen LogP contribution in [0.4, 0.5) is 4.39 Å². The summed E-state index contributed by atoms with van der Waals surface area (Å²) in [5, 5.41) is 9.03. The second-order valence-electron chi connectivity index (χ2n) is 4.16. The lowest BCUT2D eigenvalue weighted by Gasteiger charge is -2.10. The van der Waals surface area contributed by atoms with Gasteiger partial charge in [-0.3, -0.25) is 0 Å². The zero-order valence-corrected chi connectivity index (χ0v) is 10.4. The Labute approximate surface area is 110 Å². The summed E-state index contributed by atoms with van der Waals surface area (Å²) in [4.78, 5) is 11.0. The molecule has 98 valence electrons. The van der Waals surface area contributed by atoms with E-state index in [1.807, 2.05) is 25.1 Å². The molecule has 19 heavy (non-hydrogen) atoms. The summed E-state index contributed by atoms with van der Waals surface area (Å²) in [6, 6.07) is 10.9. The Bertz CT molecular complexity index is 608. The third-order valence-corrected chi connectivity index (χ3v) is 2.77. The number of hydrogen-bond donors (Lipinski definition) is 1. The van der Waals surface area contributed by atoms with Crippen LogP contribution in [0.25, 0.3) is 0 Å². The van der Waals surface area contributed by atoms with Crippen LogP contribution in [0.5, 0.6) is 5.75 Å². The molecule has 0 saturated carbocycles. The van der Waals surface area contributed by atoms with Crippen LogP contribution in [0.2, 0.25) is 0 Å². The van der Waals surface area contributed by atoms with Gasteiger partial charge in [0.2, 0.25) is 0 Å². The van der Waals surface area contributed by atoms with Gasteiger partial charge >= 0.3 is 5.97 Å². The summed E-state index contributed by atoms with van der Waals surface area (Å²) in [5.74, 6) is -0.917. The molecule has 0 atom stereocenters. The van der Waals surface area contributed by atoms with Crippen LogP contribution >= 0.6 is 0 Å². The van der Waals surface area contributed by atoms with Gasteiger partial charge in [0.05, 0.1) is 5.56 Å². The molecule has 0 saturated heterocycles. The van der Waals surface area contributed by atoms with Gasteiger partial charge in [-0.15, -0.1) is 0 Å². The van der Waals surface area contributed by atoms with Gasteiger partial charge in [0, 0.05) is 5.56 Å². The van der Waals surface area contributed by atoms with E-state index in [2.05, 4.69) is 0 Å². The number of rotatable bonds is 4. The summed E-state index contributed by atoms with van der Waals surface area (Å²) < 4.78 is 18.7. The van der Waals surface area contributed by atoms with E-state index in [1.165, 1.54) is 12.1 Å². The largest absolute Gasteiger partial charge is 0.489 e. The zero-order valence-electron chi connectivity index (χ0n) is 10.4. The number of hydrogen-bond acceptors (Lipinski definition) is 2. The first-order valence-electron chi connectivity index (χ1n) is 5.78. The summed E-state index contributed by atoms with van der Waals surface area (Å²) in [6.45, 7) is 1.91. The second kappa shape index (κ2) is 5.52. The van der Waals surface area contributed by atoms with Crippen molar-refractivity contribution < 1.29 is 19.0 Å². The maximum Gasteiger partial charge on any atom is 0.336 e. The smallest absolute Gasteiger partial charge is 0.336 e. The number of halogens is 1. The molecule has 0 aliphatic rings. The number of benzene rings is 2. The lowest BCUT2D eigenvalue weighted by molar-refractivity contribution is 0.0694. The first kappa shape index (κ1) is 13.1. The molecule has 0 radical (unpaired) electrons. The fourth-order valence-electron chi connectivity index (χ4n) is 1.76. The molecule has 0 bridgehead atoms. The number of carboxylic acid groups (broad SMARTS) is 1. The summed E-state index contributed by atoms with van der Waals surface area (Å²) >= 11 is 0. The highest BCUT2D eigenvalue weighted by Crippen LogP contribution is 2.19. The Morgan fingerprint density at radius 3 is 2.68 bits per heavy atom. The van der Waals surface area contributed by atoms with E-state index in [4.69, 9.17) is 9.84 Å². The molecule has 2 aromatic rings. The Kier molecular flexibility index (Phi) is 3.80. The van der Waals surface area contributed by atoms with Gasteiger partial charge in [-0.1, -0.05) is 18.2 Å². The van der Waals surface area contributed by atoms with Crippen molar-refractivity contribution in [2.45, 2.75) is 13.5 Å². The van der Waals surface area contributed by atoms with E-state index in [0.717, 1.165) is 11.6 Å². The first-order chi connectivity index (χ1) is 9.08. The third-order valence-electron chi connectivity index (χ3n) is 2.77. The van der Waals surface area contributed by atoms with Gasteiger partial charge in [-0.25, -0.2) is 9.18 Å². The molecule has 0 aliphatic heterocycles. The molecular weight excluding hydrogens is 247 g/mol. The predicted octanol–water partition coefficient (Wildman–Crippen LogP) is 3.41. The van der Waals surface area contributed by atoms with Crippen molar-refractivity contribution in [3.8, 4) is 5.75 Å². The van der Waals surface area contributed by atoms with E-state index in [-0.39, 0.29) is 12.2 Å². The molecule has 0 aromatic heterocycles. The minimum atomic E-state index is -1.09. The van der Waals surface area contributed by atoms with Crippen LogP contribution in [-0.2, 0) is 6.61 Å². The van der Waals surface area contributed by atoms with Crippen LogP contribution in [0.15, 0.2) is 42.5 Å². The van der Waals surface area contributed by atoms with Crippen molar-refractivity contribution >= 4 is 5.97 Å². The lowest BCUT2D eigenvalue weighted by atomic mass is 10.1. The van der Waals surface area contributed by atoms with Crippen molar-refractivity contribution in [1.29, 1.82) is 0 Å². The quantitative estimate of drug-likeness (QED) is 0.916. The average Bonchev–Trinajstić information content (AvgIpc) is 2.37. The van der Waals surface area contributed by atoms with Gasteiger partial charge in [0.1, 0.15) is 18.2 Å². The molecular formula is C15H13FO3. The maximum absolute atomic E-state index is 13.2. The number of ether oxygens (including phenoxy) is 1. The molecule has 0 aliphatic carbocycles. The molecule has 2 rings (SSSR count). The van der Waals surface area contributed by atoms with Gasteiger partial charge < -0.3 is 9.84 Å². The van der Waals surface area contributed by atoms with Crippen molar-refractivity contribution in [1.82, 2.24) is 0 Å². The highest BCUT2D eigenvalue weighted by Gasteiger charge is 2.11. The normalized spacial score (nSPS) is 10.2. The molecule has 3 nitrogen and oxygen atoms in total. The number of carbonyl (C=O) groups is 1. The molecule has 1 N–H and O–H groups in total. The van der Waals surface area contributed by atoms with Crippen LogP contribution in [-0.4, -0.2) is 11.1 Å². The molecule has 0 spiro atoms. The fourth-order valence-corrected chi connectivity index (χ4v) is 1.76. The van der Waals surface area contributed by atoms with E-state index >= 15 is 0 Å². The number of aryl methyl sites for hydroxylation is 1. The maximum atomic E-state index is 13.2. The minimum absolute atomic E-state index is 0.0181. The zero-order chi connectivity index (χ0) is 13.8. The van der Waals surface area contributed by atoms with Gasteiger partial charge in [-0.05, 0) is 36.8 Å². The molecule has 0 heterocycles. The SMILES string of the molecule is Cc1ccccc1OCc1cc(F)ccc1C(=O)O. The van der Waals surface area contributed by atoms with E-state index in [9.17, 15) is 9.18 Å². The average molecular weight is 260 g/mol. The van der Waals surface area contributed by atoms with E-state index in [0.29, 0.717) is 11.3 Å². The number of para-hydroxylation sites is 1. The lowest BCUT2D eigenvalue weighted by Crippen LogP contribution is -2.06. The Morgan fingerprint density at radius 1 is 1.26 bits per heavy atom. The topological polar surface area (TPSA) is 46.5 Å². The van der Waals surface area contributed by atoms with Crippen molar-refractivity contribution in [3.63, 3.8) is 0 Å². The molecule has 0 fully saturated rings. The number of carboxylic acids is 1. The fraction of sp³-hybridized carbons (Fsp3) is 0.133. The van der Waals surface area contributed by atoms with Gasteiger partial charge in [0.25, 0.3) is 0 Å². The highest BCUT2D eigenvalue weighted by molar-refractivity contribution is 5.89. The van der Waals surface area contributed by atoms with Crippen molar-refractivity contribution in [3.05, 3.63) is 65.0 Å². The van der Waals surface area contributed by atoms with E-state index < -0.39 is 11.8 Å². The Balaban J connectivity index is 2.22. The number of aromatic carboxylic acids is 1. The standard InChI is InChI=1S/C15H13FO3/c1-10-4-2-3-5-14(10)19-9-11-8-12(16)6-7-13(11)15(17)18/h2-8H,9H2,1H3,(H,17,18). The van der Waals surface area contributed by atoms with Crippen molar-refractivity contribution in [2.24, 2.45) is 0 Å². The Morgan fingerprint density at radius 2 is 2.00 bits per heavy atom. The molecule has 2 aromatic carbocycles. The van der Waals surface area contributed by atoms with Gasteiger partial charge in [0.15, 0.2) is 0 Å². The minimum Gasteiger partial charge on any atom is -0.489 e. The van der Waals surface area contributed by atoms with Gasteiger partial charge in [-0.2, -0.15) is 0 Å². The first-order valence-corrected chi connectivity index (χ1v) is 5.78. The van der Waals surface area contributed by atoms with Crippen LogP contribution in [0, 0.1) is 12.7 Å². The van der Waals surface area contributed by atoms with Crippen molar-refractivity contribution in [2.75, 3.05) is 0 Å². The van der Waals surface area contributed by atoms with Crippen LogP contribution in [0.1, 0.15) is 21.5 Å². The third kappa shape index (κ3) is 3.10. The monoisotopic (exact) mass is 260 g/mol. The summed E-state index contributed by atoms with van der Waals surface area (Å²) in [7, 11) is 0. The van der Waals surface area contributed by atoms with E-state index in [1.54, 1.807) is 6.07 Å². The molecule has 0 amide bonds. The molecule has 4 heteroatoms. The summed E-state index contributed by atoms with van der Waals surface area (Å²) in [6.07, 6.45) is 0.